The highest BCUT2D eigenvalue weighted by Crippen LogP contribution is 2.28. The summed E-state index contributed by atoms with van der Waals surface area (Å²) >= 11 is 0. The average molecular weight is 420 g/mol. The number of amides is 1. The topological polar surface area (TPSA) is 65.4 Å². The van der Waals surface area contributed by atoms with Gasteiger partial charge in [0.2, 0.25) is 5.91 Å². The molecular weight excluding hydrogens is 390 g/mol. The normalized spacial score (nSPS) is 11.1. The van der Waals surface area contributed by atoms with Gasteiger partial charge in [-0.25, -0.2) is 4.98 Å². The summed E-state index contributed by atoms with van der Waals surface area (Å²) in [5, 5.41) is 2.87. The molecule has 2 aromatic carbocycles. The maximum Gasteiger partial charge on any atom is 0.246 e. The number of carbonyl (C=O) groups is 1. The number of nitrogens with one attached hydrogen (secondary N) is 1. The number of imidazole rings is 1. The molecule has 3 aromatic rings. The van der Waals surface area contributed by atoms with Gasteiger partial charge in [-0.15, -0.1) is 0 Å². The SMILES string of the molecule is C=C(C)C(=O)NCc1nc2ccccc2n1CCCOc1ccc(/C=C/C)cc1OC. The lowest BCUT2D eigenvalue weighted by Gasteiger charge is -2.13. The molecule has 0 aliphatic rings. The van der Waals surface area contributed by atoms with Gasteiger partial charge in [0.1, 0.15) is 5.82 Å². The van der Waals surface area contributed by atoms with Gasteiger partial charge in [-0.05, 0) is 50.1 Å². The third-order valence-corrected chi connectivity index (χ3v) is 4.86. The highest BCUT2D eigenvalue weighted by molar-refractivity contribution is 5.92. The summed E-state index contributed by atoms with van der Waals surface area (Å²) < 4.78 is 13.6. The van der Waals surface area contributed by atoms with Gasteiger partial charge < -0.3 is 19.4 Å². The first-order chi connectivity index (χ1) is 15.0. The van der Waals surface area contributed by atoms with Gasteiger partial charge in [0.05, 0.1) is 31.3 Å². The monoisotopic (exact) mass is 419 g/mol. The summed E-state index contributed by atoms with van der Waals surface area (Å²) in [4.78, 5) is 16.6. The molecule has 3 rings (SSSR count). The minimum Gasteiger partial charge on any atom is -0.493 e. The minimum absolute atomic E-state index is 0.171. The first kappa shape index (κ1) is 22.2. The molecule has 0 saturated carbocycles. The molecule has 0 bridgehead atoms. The molecule has 0 radical (unpaired) electrons. The molecule has 0 fully saturated rings. The van der Waals surface area contributed by atoms with E-state index in [0.29, 0.717) is 24.5 Å². The van der Waals surface area contributed by atoms with Crippen LogP contribution in [0.15, 0.2) is 60.7 Å². The number of carbonyl (C=O) groups excluding carboxylic acids is 1. The lowest BCUT2D eigenvalue weighted by molar-refractivity contribution is -0.117. The first-order valence-corrected chi connectivity index (χ1v) is 10.3. The second-order valence-electron chi connectivity index (χ2n) is 7.24. The number of nitrogens with zero attached hydrogens (tertiary/aromatic N) is 2. The molecule has 162 valence electrons. The minimum atomic E-state index is -0.171. The Balaban J connectivity index is 1.67. The van der Waals surface area contributed by atoms with E-state index in [1.807, 2.05) is 61.5 Å². The van der Waals surface area contributed by atoms with Crippen molar-refractivity contribution in [1.82, 2.24) is 14.9 Å². The van der Waals surface area contributed by atoms with Crippen molar-refractivity contribution in [3.63, 3.8) is 0 Å². The molecule has 1 aromatic heterocycles. The molecule has 0 atom stereocenters. The quantitative estimate of drug-likeness (QED) is 0.381. The van der Waals surface area contributed by atoms with Gasteiger partial charge in [-0.1, -0.05) is 36.9 Å². The fourth-order valence-corrected chi connectivity index (χ4v) is 3.32. The zero-order chi connectivity index (χ0) is 22.2. The van der Waals surface area contributed by atoms with Crippen molar-refractivity contribution < 1.29 is 14.3 Å². The Hall–Kier alpha value is -3.54. The molecular formula is C25H29N3O3. The predicted molar refractivity (Wildman–Crippen MR) is 124 cm³/mol. The fourth-order valence-electron chi connectivity index (χ4n) is 3.32. The van der Waals surface area contributed by atoms with Gasteiger partial charge >= 0.3 is 0 Å². The largest absolute Gasteiger partial charge is 0.493 e. The van der Waals surface area contributed by atoms with Crippen LogP contribution >= 0.6 is 0 Å². The number of benzene rings is 2. The van der Waals surface area contributed by atoms with E-state index in [1.54, 1.807) is 14.0 Å². The van der Waals surface area contributed by atoms with Crippen LogP contribution in [0, 0.1) is 0 Å². The van der Waals surface area contributed by atoms with E-state index < -0.39 is 0 Å². The van der Waals surface area contributed by atoms with Crippen LogP contribution in [0.25, 0.3) is 17.1 Å². The summed E-state index contributed by atoms with van der Waals surface area (Å²) in [6.07, 6.45) is 4.79. The lowest BCUT2D eigenvalue weighted by atomic mass is 10.2. The van der Waals surface area contributed by atoms with E-state index in [-0.39, 0.29) is 5.91 Å². The summed E-state index contributed by atoms with van der Waals surface area (Å²) in [6.45, 7) is 8.95. The van der Waals surface area contributed by atoms with Gasteiger partial charge in [-0.2, -0.15) is 0 Å². The number of para-hydroxylation sites is 2. The van der Waals surface area contributed by atoms with Crippen molar-refractivity contribution in [3.8, 4) is 11.5 Å². The van der Waals surface area contributed by atoms with Crippen LogP contribution in [0.4, 0.5) is 0 Å². The zero-order valence-electron chi connectivity index (χ0n) is 18.4. The van der Waals surface area contributed by atoms with E-state index in [9.17, 15) is 4.79 Å². The van der Waals surface area contributed by atoms with Gasteiger partial charge in [0, 0.05) is 12.1 Å². The molecule has 0 unspecified atom stereocenters. The smallest absolute Gasteiger partial charge is 0.246 e. The number of allylic oxidation sites excluding steroid dienone is 1. The third kappa shape index (κ3) is 5.54. The van der Waals surface area contributed by atoms with Crippen molar-refractivity contribution >= 4 is 23.0 Å². The molecule has 1 heterocycles. The summed E-state index contributed by atoms with van der Waals surface area (Å²) in [6, 6.07) is 13.9. The Morgan fingerprint density at radius 2 is 2.03 bits per heavy atom. The Bertz CT molecular complexity index is 1100. The van der Waals surface area contributed by atoms with Crippen molar-refractivity contribution in [2.45, 2.75) is 33.4 Å². The number of rotatable bonds is 10. The number of hydrogen-bond acceptors (Lipinski definition) is 4. The Morgan fingerprint density at radius 3 is 2.77 bits per heavy atom. The first-order valence-electron chi connectivity index (χ1n) is 10.3. The molecule has 1 N–H and O–H groups in total. The van der Waals surface area contributed by atoms with Crippen molar-refractivity contribution in [2.75, 3.05) is 13.7 Å². The Labute approximate surface area is 183 Å². The molecule has 0 aliphatic carbocycles. The number of fused-ring (bicyclic) bond motifs is 1. The number of aryl methyl sites for hydroxylation is 1. The standard InChI is InChI=1S/C25H29N3O3/c1-5-9-19-12-13-22(23(16-19)30-4)31-15-8-14-28-21-11-7-6-10-20(21)27-24(28)17-26-25(29)18(2)3/h5-7,9-13,16H,2,8,14-15,17H2,1,3-4H3,(H,26,29)/b9-5+. The van der Waals surface area contributed by atoms with Crippen LogP contribution in [-0.2, 0) is 17.9 Å². The maximum absolute atomic E-state index is 11.9. The second kappa shape index (κ2) is 10.5. The van der Waals surface area contributed by atoms with E-state index >= 15 is 0 Å². The molecule has 31 heavy (non-hydrogen) atoms. The van der Waals surface area contributed by atoms with Gasteiger partial charge in [0.25, 0.3) is 0 Å². The Morgan fingerprint density at radius 1 is 1.23 bits per heavy atom. The number of methoxy groups -OCH3 is 1. The molecule has 6 heteroatoms. The third-order valence-electron chi connectivity index (χ3n) is 4.86. The van der Waals surface area contributed by atoms with Gasteiger partial charge in [-0.3, -0.25) is 4.79 Å². The molecule has 0 saturated heterocycles. The molecule has 6 nitrogen and oxygen atoms in total. The fraction of sp³-hybridized carbons (Fsp3) is 0.280. The van der Waals surface area contributed by atoms with Crippen LogP contribution < -0.4 is 14.8 Å². The molecule has 1 amide bonds. The van der Waals surface area contributed by atoms with E-state index in [4.69, 9.17) is 9.47 Å². The van der Waals surface area contributed by atoms with Crippen molar-refractivity contribution in [2.24, 2.45) is 0 Å². The van der Waals surface area contributed by atoms with E-state index in [1.165, 1.54) is 0 Å². The average Bonchev–Trinajstić information content (AvgIpc) is 3.13. The zero-order valence-corrected chi connectivity index (χ0v) is 18.4. The highest BCUT2D eigenvalue weighted by Gasteiger charge is 2.12. The highest BCUT2D eigenvalue weighted by atomic mass is 16.5. The van der Waals surface area contributed by atoms with Crippen LogP contribution in [0.1, 0.15) is 31.7 Å². The van der Waals surface area contributed by atoms with E-state index in [2.05, 4.69) is 21.4 Å². The summed E-state index contributed by atoms with van der Waals surface area (Å²) in [5.74, 6) is 2.08. The number of hydrogen-bond donors (Lipinski definition) is 1. The second-order valence-corrected chi connectivity index (χ2v) is 7.24. The van der Waals surface area contributed by atoms with Gasteiger partial charge in [0.15, 0.2) is 11.5 Å². The van der Waals surface area contributed by atoms with Crippen LogP contribution in [-0.4, -0.2) is 29.2 Å². The molecule has 0 aliphatic heterocycles. The van der Waals surface area contributed by atoms with Crippen molar-refractivity contribution in [1.29, 1.82) is 0 Å². The van der Waals surface area contributed by atoms with Crippen LogP contribution in [0.3, 0.4) is 0 Å². The van der Waals surface area contributed by atoms with Crippen LogP contribution in [0.5, 0.6) is 11.5 Å². The maximum atomic E-state index is 11.9. The Kier molecular flexibility index (Phi) is 7.49. The number of aromatic nitrogens is 2. The molecule has 0 spiro atoms. The predicted octanol–water partition coefficient (Wildman–Crippen LogP) is 4.74. The summed E-state index contributed by atoms with van der Waals surface area (Å²) in [7, 11) is 1.64. The van der Waals surface area contributed by atoms with Crippen molar-refractivity contribution in [3.05, 3.63) is 72.1 Å². The van der Waals surface area contributed by atoms with Crippen LogP contribution in [0.2, 0.25) is 0 Å². The lowest BCUT2D eigenvalue weighted by Crippen LogP contribution is -2.25. The summed E-state index contributed by atoms with van der Waals surface area (Å²) in [5.41, 5.74) is 3.49. The number of ether oxygens (including phenoxy) is 2. The van der Waals surface area contributed by atoms with E-state index in [0.717, 1.165) is 41.1 Å².